The quantitative estimate of drug-likeness (QED) is 0.749. The Morgan fingerprint density at radius 1 is 1.61 bits per heavy atom. The third-order valence-electron chi connectivity index (χ3n) is 3.94. The summed E-state index contributed by atoms with van der Waals surface area (Å²) in [6.45, 7) is 2.76. The molecule has 0 radical (unpaired) electrons. The van der Waals surface area contributed by atoms with Crippen molar-refractivity contribution >= 4 is 0 Å². The second kappa shape index (κ2) is 5.87. The van der Waals surface area contributed by atoms with Gasteiger partial charge in [0.25, 0.3) is 0 Å². The SMILES string of the molecule is CC1CCCC(CO)(NCC(O)c2ccco2)C1. The fraction of sp³-hybridized carbons (Fsp3) is 0.714. The fourth-order valence-electron chi connectivity index (χ4n) is 2.91. The molecule has 18 heavy (non-hydrogen) atoms. The molecule has 3 atom stereocenters. The molecule has 0 bridgehead atoms. The maximum atomic E-state index is 9.98. The zero-order valence-electron chi connectivity index (χ0n) is 10.9. The van der Waals surface area contributed by atoms with E-state index in [1.165, 1.54) is 6.42 Å². The average molecular weight is 253 g/mol. The molecule has 4 heteroatoms. The van der Waals surface area contributed by atoms with Gasteiger partial charge in [-0.05, 0) is 30.9 Å². The molecule has 0 aliphatic heterocycles. The fourth-order valence-corrected chi connectivity index (χ4v) is 2.91. The summed E-state index contributed by atoms with van der Waals surface area (Å²) in [5.41, 5.74) is -0.231. The molecule has 1 heterocycles. The first-order chi connectivity index (χ1) is 8.65. The molecule has 2 rings (SSSR count). The van der Waals surface area contributed by atoms with E-state index in [4.69, 9.17) is 4.42 Å². The van der Waals surface area contributed by atoms with Gasteiger partial charge < -0.3 is 19.9 Å². The van der Waals surface area contributed by atoms with E-state index in [-0.39, 0.29) is 12.1 Å². The summed E-state index contributed by atoms with van der Waals surface area (Å²) in [5.74, 6) is 1.19. The summed E-state index contributed by atoms with van der Waals surface area (Å²) in [6.07, 6.45) is 5.20. The molecule has 0 amide bonds. The third kappa shape index (κ3) is 3.13. The first kappa shape index (κ1) is 13.6. The maximum Gasteiger partial charge on any atom is 0.133 e. The highest BCUT2D eigenvalue weighted by Gasteiger charge is 2.34. The van der Waals surface area contributed by atoms with Crippen LogP contribution in [0.3, 0.4) is 0 Å². The lowest BCUT2D eigenvalue weighted by Gasteiger charge is -2.40. The standard InChI is InChI=1S/C14H23NO3/c1-11-4-2-6-14(8-11,10-16)15-9-12(17)13-5-3-7-18-13/h3,5,7,11-12,15-17H,2,4,6,8-10H2,1H3. The van der Waals surface area contributed by atoms with Crippen LogP contribution in [-0.2, 0) is 0 Å². The van der Waals surface area contributed by atoms with Crippen molar-refractivity contribution in [3.05, 3.63) is 24.2 Å². The normalized spacial score (nSPS) is 30.3. The number of furan rings is 1. The van der Waals surface area contributed by atoms with Gasteiger partial charge in [0.05, 0.1) is 12.9 Å². The lowest BCUT2D eigenvalue weighted by Crippen LogP contribution is -2.52. The Kier molecular flexibility index (Phi) is 4.43. The van der Waals surface area contributed by atoms with E-state index in [1.807, 2.05) is 0 Å². The van der Waals surface area contributed by atoms with Gasteiger partial charge in [-0.2, -0.15) is 0 Å². The number of aliphatic hydroxyl groups is 2. The Balaban J connectivity index is 1.90. The predicted molar refractivity (Wildman–Crippen MR) is 69.1 cm³/mol. The highest BCUT2D eigenvalue weighted by atomic mass is 16.4. The summed E-state index contributed by atoms with van der Waals surface area (Å²) in [5, 5.41) is 23.0. The van der Waals surface area contributed by atoms with Crippen molar-refractivity contribution in [2.45, 2.75) is 44.2 Å². The van der Waals surface area contributed by atoms with Crippen LogP contribution in [0.15, 0.2) is 22.8 Å². The Morgan fingerprint density at radius 3 is 3.06 bits per heavy atom. The summed E-state index contributed by atoms with van der Waals surface area (Å²) in [7, 11) is 0. The molecule has 1 fully saturated rings. The van der Waals surface area contributed by atoms with Crippen molar-refractivity contribution in [3.8, 4) is 0 Å². The molecule has 3 N–H and O–H groups in total. The molecule has 1 aliphatic carbocycles. The van der Waals surface area contributed by atoms with Gasteiger partial charge >= 0.3 is 0 Å². The number of nitrogens with one attached hydrogen (secondary N) is 1. The number of β-amino-alcohol motifs (C(OH)–C–C–N with tert-alkyl or cyclic N) is 1. The molecule has 1 aliphatic rings. The highest BCUT2D eigenvalue weighted by Crippen LogP contribution is 2.32. The maximum absolute atomic E-state index is 9.98. The van der Waals surface area contributed by atoms with E-state index in [1.54, 1.807) is 18.4 Å². The monoisotopic (exact) mass is 253 g/mol. The highest BCUT2D eigenvalue weighted by molar-refractivity contribution is 5.03. The summed E-state index contributed by atoms with van der Waals surface area (Å²) < 4.78 is 5.17. The van der Waals surface area contributed by atoms with Gasteiger partial charge in [0.1, 0.15) is 11.9 Å². The van der Waals surface area contributed by atoms with E-state index in [0.29, 0.717) is 18.2 Å². The van der Waals surface area contributed by atoms with E-state index in [2.05, 4.69) is 12.2 Å². The molecule has 102 valence electrons. The summed E-state index contributed by atoms with van der Waals surface area (Å²) in [6, 6.07) is 3.53. The second-order valence-electron chi connectivity index (χ2n) is 5.55. The van der Waals surface area contributed by atoms with Crippen molar-refractivity contribution in [1.82, 2.24) is 5.32 Å². The first-order valence-corrected chi connectivity index (χ1v) is 6.72. The summed E-state index contributed by atoms with van der Waals surface area (Å²) in [4.78, 5) is 0. The molecule has 0 saturated heterocycles. The number of hydrogen-bond acceptors (Lipinski definition) is 4. The van der Waals surface area contributed by atoms with Gasteiger partial charge in [0.2, 0.25) is 0 Å². The van der Waals surface area contributed by atoms with Gasteiger partial charge in [-0.25, -0.2) is 0 Å². The zero-order valence-corrected chi connectivity index (χ0v) is 10.9. The largest absolute Gasteiger partial charge is 0.467 e. The van der Waals surface area contributed by atoms with E-state index in [0.717, 1.165) is 19.3 Å². The van der Waals surface area contributed by atoms with Crippen molar-refractivity contribution < 1.29 is 14.6 Å². The number of aliphatic hydroxyl groups excluding tert-OH is 2. The molecule has 0 aromatic carbocycles. The van der Waals surface area contributed by atoms with Crippen LogP contribution in [0.1, 0.15) is 44.5 Å². The van der Waals surface area contributed by atoms with Gasteiger partial charge in [-0.15, -0.1) is 0 Å². The molecule has 1 saturated carbocycles. The van der Waals surface area contributed by atoms with Gasteiger partial charge in [0, 0.05) is 12.1 Å². The van der Waals surface area contributed by atoms with Crippen LogP contribution in [0, 0.1) is 5.92 Å². The Morgan fingerprint density at radius 2 is 2.44 bits per heavy atom. The van der Waals surface area contributed by atoms with Crippen LogP contribution in [0.2, 0.25) is 0 Å². The number of hydrogen-bond donors (Lipinski definition) is 3. The molecular weight excluding hydrogens is 230 g/mol. The van der Waals surface area contributed by atoms with Crippen molar-refractivity contribution in [2.75, 3.05) is 13.2 Å². The van der Waals surface area contributed by atoms with Crippen LogP contribution >= 0.6 is 0 Å². The minimum atomic E-state index is -0.652. The van der Waals surface area contributed by atoms with Crippen molar-refractivity contribution in [2.24, 2.45) is 5.92 Å². The van der Waals surface area contributed by atoms with Crippen molar-refractivity contribution in [1.29, 1.82) is 0 Å². The van der Waals surface area contributed by atoms with E-state index >= 15 is 0 Å². The first-order valence-electron chi connectivity index (χ1n) is 6.72. The van der Waals surface area contributed by atoms with Crippen LogP contribution in [0.4, 0.5) is 0 Å². The second-order valence-corrected chi connectivity index (χ2v) is 5.55. The molecule has 0 spiro atoms. The van der Waals surface area contributed by atoms with Crippen molar-refractivity contribution in [3.63, 3.8) is 0 Å². The van der Waals surface area contributed by atoms with E-state index in [9.17, 15) is 10.2 Å². The molecule has 3 unspecified atom stereocenters. The molecule has 1 aromatic rings. The van der Waals surface area contributed by atoms with E-state index < -0.39 is 6.10 Å². The Hall–Kier alpha value is -0.840. The van der Waals surface area contributed by atoms with Crippen LogP contribution in [-0.4, -0.2) is 28.9 Å². The van der Waals surface area contributed by atoms with Crippen LogP contribution < -0.4 is 5.32 Å². The van der Waals surface area contributed by atoms with Gasteiger partial charge in [0.15, 0.2) is 0 Å². The van der Waals surface area contributed by atoms with Gasteiger partial charge in [-0.3, -0.25) is 0 Å². The Bertz CT molecular complexity index is 352. The summed E-state index contributed by atoms with van der Waals surface area (Å²) >= 11 is 0. The third-order valence-corrected chi connectivity index (χ3v) is 3.94. The van der Waals surface area contributed by atoms with Gasteiger partial charge in [-0.1, -0.05) is 19.8 Å². The van der Waals surface area contributed by atoms with Crippen LogP contribution in [0.5, 0.6) is 0 Å². The minimum Gasteiger partial charge on any atom is -0.467 e. The lowest BCUT2D eigenvalue weighted by atomic mass is 9.77. The average Bonchev–Trinajstić information content (AvgIpc) is 2.90. The molecule has 1 aromatic heterocycles. The molecular formula is C14H23NO3. The Labute approximate surface area is 108 Å². The predicted octanol–water partition coefficient (Wildman–Crippen LogP) is 1.84. The minimum absolute atomic E-state index is 0.127. The lowest BCUT2D eigenvalue weighted by molar-refractivity contribution is 0.0732. The number of rotatable bonds is 5. The zero-order chi connectivity index (χ0) is 13.0. The topological polar surface area (TPSA) is 65.6 Å². The molecule has 4 nitrogen and oxygen atoms in total. The smallest absolute Gasteiger partial charge is 0.133 e. The van der Waals surface area contributed by atoms with Crippen LogP contribution in [0.25, 0.3) is 0 Å².